The van der Waals surface area contributed by atoms with E-state index in [1.165, 1.54) is 33.5 Å². The van der Waals surface area contributed by atoms with Crippen LogP contribution in [0.15, 0.2) is 158 Å². The predicted molar refractivity (Wildman–Crippen MR) is 182 cm³/mol. The quantitative estimate of drug-likeness (QED) is 0.0671. The molecule has 0 saturated heterocycles. The fourth-order valence-electron chi connectivity index (χ4n) is 4.25. The van der Waals surface area contributed by atoms with Crippen LogP contribution in [0.2, 0.25) is 0 Å². The van der Waals surface area contributed by atoms with Gasteiger partial charge in [-0.2, -0.15) is 0 Å². The van der Waals surface area contributed by atoms with E-state index in [0.717, 1.165) is 5.56 Å². The second-order valence-corrected chi connectivity index (χ2v) is 13.5. The Labute approximate surface area is 274 Å². The van der Waals surface area contributed by atoms with Crippen LogP contribution >= 0.6 is 15.8 Å². The summed E-state index contributed by atoms with van der Waals surface area (Å²) in [6, 6.07) is 54.1. The molecule has 0 radical (unpaired) electrons. The van der Waals surface area contributed by atoms with Gasteiger partial charge in [0.2, 0.25) is 0 Å². The van der Waals surface area contributed by atoms with Gasteiger partial charge in [0.15, 0.2) is 0 Å². The Hall–Kier alpha value is -3.63. The number of carbonyl (C=O) groups excluding carboxylic acids is 1. The van der Waals surface area contributed by atoms with Crippen LogP contribution < -0.4 is 21.2 Å². The number of benzene rings is 5. The van der Waals surface area contributed by atoms with Crippen molar-refractivity contribution in [3.8, 4) is 0 Å². The molecule has 0 aliphatic carbocycles. The van der Waals surface area contributed by atoms with Crippen molar-refractivity contribution in [2.24, 2.45) is 0 Å². The van der Waals surface area contributed by atoms with Gasteiger partial charge >= 0.3 is 22.6 Å². The van der Waals surface area contributed by atoms with Gasteiger partial charge in [0.05, 0.1) is 0 Å². The van der Waals surface area contributed by atoms with E-state index in [9.17, 15) is 4.79 Å². The standard InChI is InChI=1S/C26H24P2.C10H9O.2CO.Fe/c1-5-13-23(14-6-1)27(24-15-7-2-8-16-24)21-22-28(25-17-9-3-10-18-25)26-19-11-4-12-20-26;11-9-5-4-8-10-6-2-1-3-7-10;2*1-2;/h1-20H,21-22H2;1-4,6-8H,5H2;;;/q;-1;;;/b;8-4+;;;. The molecule has 5 aromatic rings. The molecule has 0 atom stereocenters. The Bertz CT molecular complexity index is 1310. The van der Waals surface area contributed by atoms with Crippen molar-refractivity contribution in [2.45, 2.75) is 6.42 Å². The van der Waals surface area contributed by atoms with Crippen molar-refractivity contribution < 1.29 is 31.2 Å². The Kier molecular flexibility index (Phi) is 21.6. The molecule has 0 heterocycles. The average Bonchev–Trinajstić information content (AvgIpc) is 3.11. The molecular formula is C38H33FeO3P2-. The summed E-state index contributed by atoms with van der Waals surface area (Å²) in [6.45, 7) is 9.00. The first kappa shape index (κ1) is 38.4. The summed E-state index contributed by atoms with van der Waals surface area (Å²) in [5.41, 5.74) is 1.11. The molecule has 0 spiro atoms. The first-order valence-corrected chi connectivity index (χ1v) is 16.6. The number of allylic oxidation sites excluding steroid dienone is 1. The largest absolute Gasteiger partial charge is 0.0622 e. The van der Waals surface area contributed by atoms with Crippen LogP contribution in [0.4, 0.5) is 0 Å². The van der Waals surface area contributed by atoms with Crippen molar-refractivity contribution >= 4 is 49.4 Å². The second-order valence-electron chi connectivity index (χ2n) is 8.81. The molecule has 222 valence electrons. The fraction of sp³-hybridized carbons (Fsp3) is 0.0789. The van der Waals surface area contributed by atoms with Gasteiger partial charge in [-0.25, -0.2) is 0 Å². The van der Waals surface area contributed by atoms with Gasteiger partial charge in [0, 0.05) is 17.1 Å². The summed E-state index contributed by atoms with van der Waals surface area (Å²) >= 11 is 0. The smallest absolute Gasteiger partial charge is 0 e. The second kappa shape index (κ2) is 24.8. The maximum atomic E-state index is 9.82. The summed E-state index contributed by atoms with van der Waals surface area (Å²) in [7, 11) is -0.696. The third kappa shape index (κ3) is 13.8. The first-order valence-electron chi connectivity index (χ1n) is 13.6. The minimum Gasteiger partial charge on any atom is -0.0622 e. The predicted octanol–water partition coefficient (Wildman–Crippen LogP) is 7.37. The van der Waals surface area contributed by atoms with Crippen LogP contribution in [0.3, 0.4) is 0 Å². The van der Waals surface area contributed by atoms with Gasteiger partial charge < -0.3 is 4.79 Å². The van der Waals surface area contributed by atoms with Crippen molar-refractivity contribution in [3.05, 3.63) is 177 Å². The van der Waals surface area contributed by atoms with Crippen molar-refractivity contribution in [1.82, 2.24) is 0 Å². The fourth-order valence-corrected chi connectivity index (χ4v) is 9.61. The Balaban J connectivity index is 0.000000510. The maximum Gasteiger partial charge on any atom is 0 e. The van der Waals surface area contributed by atoms with Gasteiger partial charge in [-0.3, -0.25) is 6.29 Å². The zero-order valence-corrected chi connectivity index (χ0v) is 27.1. The zero-order chi connectivity index (χ0) is 31.0. The molecule has 0 bridgehead atoms. The minimum absolute atomic E-state index is 0. The third-order valence-electron chi connectivity index (χ3n) is 6.13. The van der Waals surface area contributed by atoms with Crippen LogP contribution in [-0.2, 0) is 31.2 Å². The van der Waals surface area contributed by atoms with Crippen molar-refractivity contribution in [2.75, 3.05) is 12.3 Å². The molecule has 5 aromatic carbocycles. The van der Waals surface area contributed by atoms with Gasteiger partial charge in [0.1, 0.15) is 0 Å². The van der Waals surface area contributed by atoms with Gasteiger partial charge in [-0.1, -0.05) is 158 Å². The summed E-state index contributed by atoms with van der Waals surface area (Å²) < 4.78 is 15.0. The SMILES string of the molecule is O=[C-]C/C=C/c1ccccc1.[C-]#[O+].[C-]#[O+].[Fe].c1ccc(P(CCP(c2ccccc2)c2ccccc2)c2ccccc2)cc1. The average molecular weight is 655 g/mol. The normalized spacial score (nSPS) is 9.68. The number of rotatable bonds is 10. The molecule has 0 fully saturated rings. The van der Waals surface area contributed by atoms with E-state index in [1.807, 2.05) is 36.4 Å². The van der Waals surface area contributed by atoms with Gasteiger partial charge in [-0.15, -0.1) is 12.5 Å². The molecule has 0 saturated carbocycles. The third-order valence-corrected chi connectivity index (χ3v) is 11.5. The minimum atomic E-state index is -0.348. The summed E-state index contributed by atoms with van der Waals surface area (Å²) in [5, 5.41) is 5.89. The molecule has 0 aliphatic rings. The zero-order valence-electron chi connectivity index (χ0n) is 24.2. The van der Waals surface area contributed by atoms with E-state index in [4.69, 9.17) is 9.30 Å². The summed E-state index contributed by atoms with van der Waals surface area (Å²) in [4.78, 5) is 9.82. The monoisotopic (exact) mass is 655 g/mol. The van der Waals surface area contributed by atoms with Crippen molar-refractivity contribution in [3.63, 3.8) is 0 Å². The van der Waals surface area contributed by atoms with Crippen molar-refractivity contribution in [1.29, 1.82) is 0 Å². The van der Waals surface area contributed by atoms with Crippen LogP contribution in [0.5, 0.6) is 0 Å². The van der Waals surface area contributed by atoms with E-state index in [-0.39, 0.29) is 32.9 Å². The van der Waals surface area contributed by atoms with Crippen LogP contribution in [0, 0.1) is 13.3 Å². The molecule has 5 rings (SSSR count). The molecule has 6 heteroatoms. The summed E-state index contributed by atoms with van der Waals surface area (Å²) in [5.74, 6) is 0. The van der Waals surface area contributed by atoms with Crippen LogP contribution in [0.25, 0.3) is 6.08 Å². The van der Waals surface area contributed by atoms with Crippen LogP contribution in [-0.4, -0.2) is 18.6 Å². The van der Waals surface area contributed by atoms with E-state index >= 15 is 0 Å². The molecular weight excluding hydrogens is 622 g/mol. The molecule has 0 N–H and O–H groups in total. The Morgan fingerprint density at radius 3 is 1.05 bits per heavy atom. The Morgan fingerprint density at radius 2 is 0.773 bits per heavy atom. The topological polar surface area (TPSA) is 56.9 Å². The van der Waals surface area contributed by atoms with E-state index in [1.54, 1.807) is 12.4 Å². The molecule has 0 unspecified atom stereocenters. The number of hydrogen-bond acceptors (Lipinski definition) is 1. The molecule has 0 aliphatic heterocycles. The molecule has 44 heavy (non-hydrogen) atoms. The molecule has 0 aromatic heterocycles. The van der Waals surface area contributed by atoms with E-state index < -0.39 is 0 Å². The van der Waals surface area contributed by atoms with Crippen LogP contribution in [0.1, 0.15) is 12.0 Å². The van der Waals surface area contributed by atoms with E-state index in [0.29, 0.717) is 6.42 Å². The van der Waals surface area contributed by atoms with E-state index in [2.05, 4.69) is 135 Å². The maximum absolute atomic E-state index is 9.82. The molecule has 3 nitrogen and oxygen atoms in total. The van der Waals surface area contributed by atoms with Gasteiger partial charge in [-0.05, 0) is 54.9 Å². The van der Waals surface area contributed by atoms with Gasteiger partial charge in [0.25, 0.3) is 0 Å². The number of hydrogen-bond donors (Lipinski definition) is 0. The Morgan fingerprint density at radius 1 is 0.500 bits per heavy atom. The first-order chi connectivity index (χ1) is 21.3. The summed E-state index contributed by atoms with van der Waals surface area (Å²) in [6.07, 6.45) is 8.29. The molecule has 0 amide bonds.